The van der Waals surface area contributed by atoms with Gasteiger partial charge in [0.25, 0.3) is 15.9 Å². The van der Waals surface area contributed by atoms with E-state index < -0.39 is 34.0 Å². The number of carbonyl (C=O) groups excluding carboxylic acids is 2. The van der Waals surface area contributed by atoms with Crippen LogP contribution in [0.1, 0.15) is 31.1 Å². The van der Waals surface area contributed by atoms with Crippen molar-refractivity contribution < 1.29 is 22.7 Å². The monoisotopic (exact) mass is 404 g/mol. The lowest BCUT2D eigenvalue weighted by Gasteiger charge is -2.20. The smallest absolute Gasteiger partial charge is 0.338 e. The zero-order valence-electron chi connectivity index (χ0n) is 16.3. The maximum Gasteiger partial charge on any atom is 0.338 e. The second kappa shape index (κ2) is 8.43. The minimum absolute atomic E-state index is 0.0473. The molecule has 28 heavy (non-hydrogen) atoms. The van der Waals surface area contributed by atoms with Crippen LogP contribution in [0.5, 0.6) is 0 Å². The van der Waals surface area contributed by atoms with Gasteiger partial charge < -0.3 is 10.1 Å². The number of sulfonamides is 1. The molecule has 0 saturated carbocycles. The molecule has 0 aliphatic rings. The quantitative estimate of drug-likeness (QED) is 0.747. The molecule has 0 fully saturated rings. The van der Waals surface area contributed by atoms with Crippen molar-refractivity contribution in [2.45, 2.75) is 31.2 Å². The molecule has 7 nitrogen and oxygen atoms in total. The van der Waals surface area contributed by atoms with Crippen LogP contribution in [0.25, 0.3) is 0 Å². The largest absolute Gasteiger partial charge is 0.452 e. The number of hydrogen-bond donors (Lipinski definition) is 1. The Hall–Kier alpha value is -2.87. The predicted octanol–water partition coefficient (Wildman–Crippen LogP) is 2.58. The Labute approximate surface area is 165 Å². The van der Waals surface area contributed by atoms with Crippen LogP contribution in [0.15, 0.2) is 59.5 Å². The summed E-state index contributed by atoms with van der Waals surface area (Å²) in [5, 5.41) is 2.68. The molecule has 2 aromatic rings. The first-order valence-electron chi connectivity index (χ1n) is 8.63. The number of rotatable bonds is 6. The van der Waals surface area contributed by atoms with E-state index in [0.717, 1.165) is 4.31 Å². The number of para-hydroxylation sites is 1. The number of nitrogens with one attached hydrogen (secondary N) is 1. The SMILES string of the molecule is CN(c1ccccc1)S(=O)(=O)c1cccc(C(=O)OCC(=O)NC(C)(C)C)c1. The van der Waals surface area contributed by atoms with Crippen molar-refractivity contribution >= 4 is 27.6 Å². The molecule has 0 spiro atoms. The summed E-state index contributed by atoms with van der Waals surface area (Å²) in [6.07, 6.45) is 0. The normalized spacial score (nSPS) is 11.6. The highest BCUT2D eigenvalue weighted by Gasteiger charge is 2.23. The average molecular weight is 404 g/mol. The maximum absolute atomic E-state index is 12.8. The number of esters is 1. The molecule has 0 saturated heterocycles. The third-order valence-electron chi connectivity index (χ3n) is 3.70. The van der Waals surface area contributed by atoms with E-state index >= 15 is 0 Å². The van der Waals surface area contributed by atoms with E-state index in [-0.39, 0.29) is 10.5 Å². The van der Waals surface area contributed by atoms with E-state index in [1.807, 2.05) is 20.8 Å². The number of carbonyl (C=O) groups is 2. The van der Waals surface area contributed by atoms with E-state index in [9.17, 15) is 18.0 Å². The maximum atomic E-state index is 12.8. The van der Waals surface area contributed by atoms with Crippen LogP contribution in [-0.4, -0.2) is 39.5 Å². The molecule has 8 heteroatoms. The molecule has 0 unspecified atom stereocenters. The van der Waals surface area contributed by atoms with Gasteiger partial charge in [-0.15, -0.1) is 0 Å². The van der Waals surface area contributed by atoms with Gasteiger partial charge in [0.1, 0.15) is 0 Å². The minimum Gasteiger partial charge on any atom is -0.452 e. The van der Waals surface area contributed by atoms with Gasteiger partial charge in [-0.05, 0) is 51.1 Å². The van der Waals surface area contributed by atoms with Crippen LogP contribution < -0.4 is 9.62 Å². The standard InChI is InChI=1S/C20H24N2O5S/c1-20(2,3)21-18(23)14-27-19(24)15-9-8-12-17(13-15)28(25,26)22(4)16-10-6-5-7-11-16/h5-13H,14H2,1-4H3,(H,21,23). The van der Waals surface area contributed by atoms with E-state index in [1.54, 1.807) is 30.3 Å². The molecule has 2 rings (SSSR count). The number of amides is 1. The molecule has 0 bridgehead atoms. The van der Waals surface area contributed by atoms with Crippen molar-refractivity contribution in [3.63, 3.8) is 0 Å². The van der Waals surface area contributed by atoms with Gasteiger partial charge in [-0.25, -0.2) is 13.2 Å². The predicted molar refractivity (Wildman–Crippen MR) is 107 cm³/mol. The van der Waals surface area contributed by atoms with Crippen LogP contribution in [0.4, 0.5) is 5.69 Å². The highest BCUT2D eigenvalue weighted by Crippen LogP contribution is 2.22. The lowest BCUT2D eigenvalue weighted by Crippen LogP contribution is -2.42. The third kappa shape index (κ3) is 5.56. The van der Waals surface area contributed by atoms with Crippen molar-refractivity contribution in [1.82, 2.24) is 5.32 Å². The topological polar surface area (TPSA) is 92.8 Å². The molecule has 0 atom stereocenters. The average Bonchev–Trinajstić information content (AvgIpc) is 2.65. The second-order valence-corrected chi connectivity index (χ2v) is 9.18. The van der Waals surface area contributed by atoms with Gasteiger partial charge in [-0.3, -0.25) is 9.10 Å². The fourth-order valence-electron chi connectivity index (χ4n) is 2.39. The van der Waals surface area contributed by atoms with E-state index in [0.29, 0.717) is 5.69 Å². The lowest BCUT2D eigenvalue weighted by molar-refractivity contribution is -0.125. The fraction of sp³-hybridized carbons (Fsp3) is 0.300. The number of hydrogen-bond acceptors (Lipinski definition) is 5. The van der Waals surface area contributed by atoms with Gasteiger partial charge in [0.2, 0.25) is 0 Å². The van der Waals surface area contributed by atoms with Gasteiger partial charge in [-0.1, -0.05) is 24.3 Å². The molecular weight excluding hydrogens is 380 g/mol. The van der Waals surface area contributed by atoms with Crippen LogP contribution in [0.3, 0.4) is 0 Å². The van der Waals surface area contributed by atoms with Gasteiger partial charge in [0.15, 0.2) is 6.61 Å². The first-order valence-corrected chi connectivity index (χ1v) is 10.1. The van der Waals surface area contributed by atoms with Crippen LogP contribution in [0.2, 0.25) is 0 Å². The van der Waals surface area contributed by atoms with E-state index in [2.05, 4.69) is 5.32 Å². The molecule has 0 aromatic heterocycles. The van der Waals surface area contributed by atoms with Crippen LogP contribution in [-0.2, 0) is 19.6 Å². The summed E-state index contributed by atoms with van der Waals surface area (Å²) in [4.78, 5) is 24.0. The third-order valence-corrected chi connectivity index (χ3v) is 5.48. The molecule has 150 valence electrons. The summed E-state index contributed by atoms with van der Waals surface area (Å²) in [6, 6.07) is 14.1. The highest BCUT2D eigenvalue weighted by atomic mass is 32.2. The summed E-state index contributed by atoms with van der Waals surface area (Å²) in [5.74, 6) is -1.21. The summed E-state index contributed by atoms with van der Waals surface area (Å²) in [5.41, 5.74) is 0.0971. The first-order chi connectivity index (χ1) is 13.0. The summed E-state index contributed by atoms with van der Waals surface area (Å²) < 4.78 is 31.8. The molecule has 2 aromatic carbocycles. The van der Waals surface area contributed by atoms with E-state index in [4.69, 9.17) is 4.74 Å². The lowest BCUT2D eigenvalue weighted by atomic mass is 10.1. The Balaban J connectivity index is 2.15. The first kappa shape index (κ1) is 21.4. The molecule has 1 N–H and O–H groups in total. The number of nitrogens with zero attached hydrogens (tertiary/aromatic N) is 1. The van der Waals surface area contributed by atoms with Crippen molar-refractivity contribution in [2.75, 3.05) is 18.0 Å². The van der Waals surface area contributed by atoms with Crippen molar-refractivity contribution in [3.05, 3.63) is 60.2 Å². The molecular formula is C20H24N2O5S. The molecule has 0 radical (unpaired) electrons. The minimum atomic E-state index is -3.86. The molecule has 1 amide bonds. The van der Waals surface area contributed by atoms with Crippen LogP contribution in [0, 0.1) is 0 Å². The van der Waals surface area contributed by atoms with Crippen molar-refractivity contribution in [3.8, 4) is 0 Å². The Morgan fingerprint density at radius 2 is 1.68 bits per heavy atom. The Morgan fingerprint density at radius 3 is 2.29 bits per heavy atom. The number of benzene rings is 2. The Bertz CT molecular complexity index is 950. The van der Waals surface area contributed by atoms with Crippen molar-refractivity contribution in [1.29, 1.82) is 0 Å². The highest BCUT2D eigenvalue weighted by molar-refractivity contribution is 7.92. The second-order valence-electron chi connectivity index (χ2n) is 7.21. The number of ether oxygens (including phenoxy) is 1. The van der Waals surface area contributed by atoms with Crippen molar-refractivity contribution in [2.24, 2.45) is 0 Å². The zero-order chi connectivity index (χ0) is 20.9. The van der Waals surface area contributed by atoms with E-state index in [1.165, 1.54) is 31.3 Å². The van der Waals surface area contributed by atoms with Gasteiger partial charge >= 0.3 is 5.97 Å². The summed E-state index contributed by atoms with van der Waals surface area (Å²) in [7, 11) is -2.42. The molecule has 0 aliphatic heterocycles. The van der Waals surface area contributed by atoms with Gasteiger partial charge in [-0.2, -0.15) is 0 Å². The zero-order valence-corrected chi connectivity index (χ0v) is 17.1. The van der Waals surface area contributed by atoms with Gasteiger partial charge in [0, 0.05) is 12.6 Å². The van der Waals surface area contributed by atoms with Gasteiger partial charge in [0.05, 0.1) is 16.1 Å². The summed E-state index contributed by atoms with van der Waals surface area (Å²) >= 11 is 0. The molecule has 0 heterocycles. The number of anilines is 1. The Kier molecular flexibility index (Phi) is 6.45. The summed E-state index contributed by atoms with van der Waals surface area (Å²) in [6.45, 7) is 4.98. The Morgan fingerprint density at radius 1 is 1.04 bits per heavy atom. The fourth-order valence-corrected chi connectivity index (χ4v) is 3.63. The molecule has 0 aliphatic carbocycles. The van der Waals surface area contributed by atoms with Crippen LogP contribution >= 0.6 is 0 Å².